The first-order chi connectivity index (χ1) is 14.1. The summed E-state index contributed by atoms with van der Waals surface area (Å²) in [6, 6.07) is 24.7. The van der Waals surface area contributed by atoms with E-state index in [1.807, 2.05) is 0 Å². The van der Waals surface area contributed by atoms with Crippen molar-refractivity contribution in [3.8, 4) is 11.1 Å². The van der Waals surface area contributed by atoms with Gasteiger partial charge in [-0.05, 0) is 69.6 Å². The molecule has 4 aromatic carbocycles. The monoisotopic (exact) mass is 382 g/mol. The lowest BCUT2D eigenvalue weighted by Gasteiger charge is -2.16. The third-order valence-corrected chi connectivity index (χ3v) is 5.72. The summed E-state index contributed by atoms with van der Waals surface area (Å²) in [5.74, 6) is 0. The van der Waals surface area contributed by atoms with Gasteiger partial charge in [-0.1, -0.05) is 107 Å². The molecule has 0 saturated heterocycles. The largest absolute Gasteiger partial charge is 0.0654 e. The van der Waals surface area contributed by atoms with Crippen molar-refractivity contribution in [2.75, 3.05) is 0 Å². The van der Waals surface area contributed by atoms with Crippen LogP contribution in [-0.2, 0) is 6.42 Å². The lowest BCUT2D eigenvalue weighted by Crippen LogP contribution is -1.92. The van der Waals surface area contributed by atoms with Gasteiger partial charge in [0.25, 0.3) is 0 Å². The van der Waals surface area contributed by atoms with Crippen molar-refractivity contribution in [1.29, 1.82) is 0 Å². The fourth-order valence-electron chi connectivity index (χ4n) is 3.98. The summed E-state index contributed by atoms with van der Waals surface area (Å²) < 4.78 is 0. The molecule has 0 atom stereocenters. The summed E-state index contributed by atoms with van der Waals surface area (Å²) in [4.78, 5) is 0. The molecule has 4 rings (SSSR count). The number of fused-ring (bicyclic) bond motifs is 2. The van der Waals surface area contributed by atoms with E-state index < -0.39 is 0 Å². The second-order valence-electron chi connectivity index (χ2n) is 8.04. The van der Waals surface area contributed by atoms with E-state index in [-0.39, 0.29) is 0 Å². The minimum absolute atomic E-state index is 1.15. The Kier molecular flexibility index (Phi) is 7.09. The van der Waals surface area contributed by atoms with Crippen molar-refractivity contribution < 1.29 is 0 Å². The highest BCUT2D eigenvalue weighted by atomic mass is 14.2. The quantitative estimate of drug-likeness (QED) is 0.330. The first kappa shape index (κ1) is 21.1. The molecule has 4 aromatic rings. The second kappa shape index (κ2) is 9.74. The maximum Gasteiger partial charge on any atom is -0.00672 e. The molecule has 0 amide bonds. The molecule has 0 heteroatoms. The van der Waals surface area contributed by atoms with Gasteiger partial charge < -0.3 is 0 Å². The molecule has 0 N–H and O–H groups in total. The molecule has 0 aliphatic rings. The number of hydrogen-bond donors (Lipinski definition) is 0. The Balaban J connectivity index is 0.000000552. The molecular formula is C29H34. The predicted molar refractivity (Wildman–Crippen MR) is 131 cm³/mol. The fraction of sp³-hybridized carbons (Fsp3) is 0.310. The molecule has 0 aliphatic heterocycles. The maximum atomic E-state index is 2.36. The second-order valence-corrected chi connectivity index (χ2v) is 8.04. The lowest BCUT2D eigenvalue weighted by molar-refractivity contribution is 0.886. The van der Waals surface area contributed by atoms with Crippen LogP contribution in [0.5, 0.6) is 0 Å². The van der Waals surface area contributed by atoms with Crippen molar-refractivity contribution in [3.63, 3.8) is 0 Å². The third-order valence-electron chi connectivity index (χ3n) is 5.72. The highest BCUT2D eigenvalue weighted by Crippen LogP contribution is 2.38. The van der Waals surface area contributed by atoms with Crippen molar-refractivity contribution in [2.24, 2.45) is 0 Å². The van der Waals surface area contributed by atoms with E-state index in [0.717, 1.165) is 6.42 Å². The van der Waals surface area contributed by atoms with Crippen LogP contribution in [0.2, 0.25) is 0 Å². The Morgan fingerprint density at radius 2 is 1.14 bits per heavy atom. The normalized spacial score (nSPS) is 10.8. The molecule has 0 unspecified atom stereocenters. The van der Waals surface area contributed by atoms with Crippen LogP contribution in [0.4, 0.5) is 0 Å². The van der Waals surface area contributed by atoms with Gasteiger partial charge in [0, 0.05) is 0 Å². The van der Waals surface area contributed by atoms with Gasteiger partial charge in [-0.15, -0.1) is 0 Å². The highest BCUT2D eigenvalue weighted by Gasteiger charge is 2.13. The van der Waals surface area contributed by atoms with Gasteiger partial charge in [0.15, 0.2) is 0 Å². The Bertz CT molecular complexity index is 1100. The number of unbranched alkanes of at least 4 members (excludes halogenated alkanes) is 1. The van der Waals surface area contributed by atoms with Gasteiger partial charge in [0.1, 0.15) is 0 Å². The van der Waals surface area contributed by atoms with E-state index in [1.54, 1.807) is 0 Å². The van der Waals surface area contributed by atoms with E-state index in [1.165, 1.54) is 68.6 Å². The van der Waals surface area contributed by atoms with Gasteiger partial charge in [-0.3, -0.25) is 0 Å². The molecule has 0 aliphatic carbocycles. The van der Waals surface area contributed by atoms with Crippen LogP contribution >= 0.6 is 0 Å². The first-order valence-electron chi connectivity index (χ1n) is 11.1. The molecule has 0 bridgehead atoms. The smallest absolute Gasteiger partial charge is 0.00672 e. The Morgan fingerprint density at radius 3 is 1.76 bits per heavy atom. The summed E-state index contributed by atoms with van der Waals surface area (Å²) >= 11 is 0. The standard InChI is InChI=1S/C25H24.C4H10/c1-4-7-19-12-15-23-21(16-19)14-11-18(3)25(23)24-17(2)10-13-20-8-5-6-9-22(20)24;1-3-4-2/h5-6,8-16H,4,7H2,1-3H3;3-4H2,1-2H3. The first-order valence-corrected chi connectivity index (χ1v) is 11.1. The molecule has 0 radical (unpaired) electrons. The van der Waals surface area contributed by atoms with Gasteiger partial charge in [0.2, 0.25) is 0 Å². The van der Waals surface area contributed by atoms with Crippen LogP contribution in [0.25, 0.3) is 32.7 Å². The van der Waals surface area contributed by atoms with Crippen LogP contribution < -0.4 is 0 Å². The van der Waals surface area contributed by atoms with Crippen molar-refractivity contribution >= 4 is 21.5 Å². The average Bonchev–Trinajstić information content (AvgIpc) is 2.75. The topological polar surface area (TPSA) is 0 Å². The predicted octanol–water partition coefficient (Wildman–Crippen LogP) is 9.04. The summed E-state index contributed by atoms with van der Waals surface area (Å²) in [6.07, 6.45) is 4.97. The van der Waals surface area contributed by atoms with Crippen LogP contribution in [0.3, 0.4) is 0 Å². The van der Waals surface area contributed by atoms with E-state index in [4.69, 9.17) is 0 Å². The lowest BCUT2D eigenvalue weighted by atomic mass is 9.87. The van der Waals surface area contributed by atoms with E-state index in [0.29, 0.717) is 0 Å². The molecule has 0 aromatic heterocycles. The maximum absolute atomic E-state index is 2.36. The minimum atomic E-state index is 1.15. The van der Waals surface area contributed by atoms with Gasteiger partial charge in [-0.25, -0.2) is 0 Å². The van der Waals surface area contributed by atoms with E-state index in [9.17, 15) is 0 Å². The summed E-state index contributed by atoms with van der Waals surface area (Å²) in [6.45, 7) is 11.1. The average molecular weight is 383 g/mol. The zero-order valence-electron chi connectivity index (χ0n) is 18.7. The molecule has 0 fully saturated rings. The van der Waals surface area contributed by atoms with Crippen LogP contribution in [0, 0.1) is 13.8 Å². The molecule has 0 nitrogen and oxygen atoms in total. The van der Waals surface area contributed by atoms with Crippen molar-refractivity contribution in [1.82, 2.24) is 0 Å². The van der Waals surface area contributed by atoms with Crippen LogP contribution in [-0.4, -0.2) is 0 Å². The Morgan fingerprint density at radius 1 is 0.552 bits per heavy atom. The summed E-state index contributed by atoms with van der Waals surface area (Å²) in [5, 5.41) is 5.36. The Hall–Kier alpha value is -2.60. The summed E-state index contributed by atoms with van der Waals surface area (Å²) in [5.41, 5.74) is 6.88. The van der Waals surface area contributed by atoms with Crippen LogP contribution in [0.1, 0.15) is 56.7 Å². The minimum Gasteiger partial charge on any atom is -0.0654 e. The molecule has 0 saturated carbocycles. The van der Waals surface area contributed by atoms with Gasteiger partial charge in [-0.2, -0.15) is 0 Å². The molecule has 0 spiro atoms. The Labute approximate surface area is 176 Å². The summed E-state index contributed by atoms with van der Waals surface area (Å²) in [7, 11) is 0. The fourth-order valence-corrected chi connectivity index (χ4v) is 3.98. The highest BCUT2D eigenvalue weighted by molar-refractivity contribution is 6.07. The van der Waals surface area contributed by atoms with E-state index >= 15 is 0 Å². The van der Waals surface area contributed by atoms with Gasteiger partial charge >= 0.3 is 0 Å². The number of rotatable bonds is 4. The molecular weight excluding hydrogens is 348 g/mol. The molecule has 0 heterocycles. The number of hydrogen-bond acceptors (Lipinski definition) is 0. The molecule has 29 heavy (non-hydrogen) atoms. The third kappa shape index (κ3) is 4.53. The van der Waals surface area contributed by atoms with Gasteiger partial charge in [0.05, 0.1) is 0 Å². The van der Waals surface area contributed by atoms with Crippen molar-refractivity contribution in [3.05, 3.63) is 83.4 Å². The zero-order chi connectivity index (χ0) is 20.8. The number of benzene rings is 4. The number of aryl methyl sites for hydroxylation is 3. The zero-order valence-corrected chi connectivity index (χ0v) is 18.7. The van der Waals surface area contributed by atoms with Crippen molar-refractivity contribution in [2.45, 2.75) is 60.3 Å². The SMILES string of the molecule is CCCC.CCCc1ccc2c(-c3c(C)ccc4ccccc34)c(C)ccc2c1. The molecule has 150 valence electrons. The van der Waals surface area contributed by atoms with Crippen LogP contribution in [0.15, 0.2) is 66.7 Å². The van der Waals surface area contributed by atoms with E-state index in [2.05, 4.69) is 101 Å².